The van der Waals surface area contributed by atoms with Crippen molar-refractivity contribution in [2.45, 2.75) is 64.0 Å². The van der Waals surface area contributed by atoms with Crippen molar-refractivity contribution in [2.75, 3.05) is 19.7 Å². The van der Waals surface area contributed by atoms with E-state index in [1.165, 1.54) is 6.07 Å². The quantitative estimate of drug-likeness (QED) is 0.267. The number of para-hydroxylation sites is 1. The Bertz CT molecular complexity index is 1730. The van der Waals surface area contributed by atoms with Crippen molar-refractivity contribution < 1.29 is 32.9 Å². The van der Waals surface area contributed by atoms with Crippen LogP contribution in [-0.4, -0.2) is 61.5 Å². The minimum Gasteiger partial charge on any atom is -0.474 e. The Hall–Kier alpha value is -4.00. The predicted molar refractivity (Wildman–Crippen MR) is 155 cm³/mol. The first kappa shape index (κ1) is 28.8. The molecule has 0 spiro atoms. The molecule has 2 saturated heterocycles. The number of hydrogen-bond donors (Lipinski definition) is 1. The first-order chi connectivity index (χ1) is 21.2. The lowest BCUT2D eigenvalue weighted by molar-refractivity contribution is -0.0712. The number of ether oxygens (including phenoxy) is 3. The Morgan fingerprint density at radius 1 is 1.16 bits per heavy atom. The summed E-state index contributed by atoms with van der Waals surface area (Å²) >= 11 is 5.97. The maximum absolute atomic E-state index is 14.8. The zero-order valence-corrected chi connectivity index (χ0v) is 25.0. The van der Waals surface area contributed by atoms with Crippen molar-refractivity contribution in [3.8, 4) is 23.1 Å². The summed E-state index contributed by atoms with van der Waals surface area (Å²) < 4.78 is 40.5. The van der Waals surface area contributed by atoms with Crippen molar-refractivity contribution in [2.24, 2.45) is 0 Å². The van der Waals surface area contributed by atoms with Gasteiger partial charge in [0, 0.05) is 29.8 Å². The number of carbonyl (C=O) groups is 1. The molecule has 3 aliphatic rings. The third-order valence-corrected chi connectivity index (χ3v) is 8.95. The molecule has 2 aromatic heterocycles. The molecule has 11 nitrogen and oxygen atoms in total. The number of carboxylic acid groups (broad SMARTS) is 1. The zero-order valence-electron chi connectivity index (χ0n) is 24.3. The maximum Gasteiger partial charge on any atom is 0.393 e. The lowest BCUT2D eigenvalue weighted by atomic mass is 9.88. The van der Waals surface area contributed by atoms with Crippen LogP contribution >= 0.6 is 11.6 Å². The molecular weight excluding hydrogens is 593 g/mol. The molecule has 0 aliphatic carbocycles. The van der Waals surface area contributed by atoms with Crippen LogP contribution in [0.25, 0.3) is 11.6 Å². The molecule has 230 valence electrons. The van der Waals surface area contributed by atoms with E-state index in [1.807, 2.05) is 19.1 Å². The van der Waals surface area contributed by atoms with Gasteiger partial charge in [0.05, 0.1) is 24.8 Å². The van der Waals surface area contributed by atoms with Gasteiger partial charge in [0.25, 0.3) is 11.7 Å². The van der Waals surface area contributed by atoms with Gasteiger partial charge in [0.1, 0.15) is 17.3 Å². The molecule has 0 saturated carbocycles. The van der Waals surface area contributed by atoms with Crippen LogP contribution < -0.4 is 9.47 Å². The minimum atomic E-state index is -1.30. The smallest absolute Gasteiger partial charge is 0.393 e. The van der Waals surface area contributed by atoms with E-state index in [0.717, 1.165) is 56.0 Å². The van der Waals surface area contributed by atoms with Gasteiger partial charge in [-0.3, -0.25) is 4.90 Å². The third kappa shape index (κ3) is 5.20. The molecule has 5 heterocycles. The van der Waals surface area contributed by atoms with Gasteiger partial charge in [0.2, 0.25) is 0 Å². The van der Waals surface area contributed by atoms with Gasteiger partial charge >= 0.3 is 11.9 Å². The maximum atomic E-state index is 14.8. The summed E-state index contributed by atoms with van der Waals surface area (Å²) in [6, 6.07) is 10.3. The zero-order chi connectivity index (χ0) is 30.6. The van der Waals surface area contributed by atoms with Crippen LogP contribution in [0.4, 0.5) is 4.39 Å². The topological polar surface area (TPSA) is 125 Å². The van der Waals surface area contributed by atoms with E-state index in [1.54, 1.807) is 19.1 Å². The summed E-state index contributed by atoms with van der Waals surface area (Å²) in [5.41, 5.74) is 2.64. The van der Waals surface area contributed by atoms with Crippen LogP contribution in [0.1, 0.15) is 65.4 Å². The number of benzene rings is 2. The van der Waals surface area contributed by atoms with Crippen molar-refractivity contribution in [3.05, 3.63) is 75.8 Å². The molecule has 44 heavy (non-hydrogen) atoms. The monoisotopic (exact) mass is 623 g/mol. The van der Waals surface area contributed by atoms with Crippen LogP contribution in [0.3, 0.4) is 0 Å². The first-order valence-electron chi connectivity index (χ1n) is 14.6. The highest BCUT2D eigenvalue weighted by Crippen LogP contribution is 2.50. The van der Waals surface area contributed by atoms with E-state index in [0.29, 0.717) is 35.3 Å². The molecular formula is C31H31ClFN5O6. The highest BCUT2D eigenvalue weighted by atomic mass is 35.5. The highest BCUT2D eigenvalue weighted by Gasteiger charge is 2.43. The van der Waals surface area contributed by atoms with Crippen LogP contribution in [0, 0.1) is 12.7 Å². The fraction of sp³-hybridized carbons (Fsp3) is 0.419. The fourth-order valence-electron chi connectivity index (χ4n) is 6.23. The lowest BCUT2D eigenvalue weighted by Gasteiger charge is -2.33. The normalized spacial score (nSPS) is 21.9. The molecule has 2 aromatic carbocycles. The number of carboxylic acids is 1. The number of hydrogen-bond acceptors (Lipinski definition) is 9. The molecule has 13 heteroatoms. The number of aromatic carboxylic acids is 1. The number of aromatic nitrogens is 4. The van der Waals surface area contributed by atoms with Crippen molar-refractivity contribution >= 4 is 17.6 Å². The average molecular weight is 624 g/mol. The van der Waals surface area contributed by atoms with Crippen LogP contribution in [-0.2, 0) is 23.6 Å². The van der Waals surface area contributed by atoms with Crippen molar-refractivity contribution in [3.63, 3.8) is 0 Å². The number of halogens is 2. The number of piperidine rings is 1. The summed E-state index contributed by atoms with van der Waals surface area (Å²) in [6.45, 7) is 7.27. The average Bonchev–Trinajstić information content (AvgIpc) is 3.67. The fourth-order valence-corrected chi connectivity index (χ4v) is 6.39. The molecule has 7 rings (SSSR count). The van der Waals surface area contributed by atoms with Gasteiger partial charge in [-0.15, -0.1) is 10.2 Å². The Labute approximate surface area is 257 Å². The number of nitrogens with zero attached hydrogens (tertiary/aromatic N) is 5. The summed E-state index contributed by atoms with van der Waals surface area (Å²) in [6.07, 6.45) is 2.84. The molecule has 0 amide bonds. The van der Waals surface area contributed by atoms with Crippen LogP contribution in [0.5, 0.6) is 11.5 Å². The lowest BCUT2D eigenvalue weighted by Crippen LogP contribution is -2.35. The van der Waals surface area contributed by atoms with E-state index in [2.05, 4.69) is 25.7 Å². The SMILES string of the molecule is Cc1c(-c2nnc(C(=O)O)o2)nc(CN2CCC(c3cccc4c3O[C@@](C)(c3ccc(Cl)cc3F)O4)CC2)n1C[C@@H]1CCO1. The predicted octanol–water partition coefficient (Wildman–Crippen LogP) is 5.54. The van der Waals surface area contributed by atoms with Gasteiger partial charge in [-0.05, 0) is 69.5 Å². The van der Waals surface area contributed by atoms with E-state index in [9.17, 15) is 14.3 Å². The molecule has 0 radical (unpaired) electrons. The molecule has 0 bridgehead atoms. The van der Waals surface area contributed by atoms with Crippen LogP contribution in [0.15, 0.2) is 40.8 Å². The molecule has 0 unspecified atom stereocenters. The van der Waals surface area contributed by atoms with Crippen LogP contribution in [0.2, 0.25) is 5.02 Å². The Morgan fingerprint density at radius 2 is 1.95 bits per heavy atom. The summed E-state index contributed by atoms with van der Waals surface area (Å²) in [5, 5.41) is 17.1. The Balaban J connectivity index is 1.07. The molecule has 3 aliphatic heterocycles. The number of fused-ring (bicyclic) bond motifs is 1. The second kappa shape index (κ2) is 11.2. The molecule has 4 aromatic rings. The molecule has 2 fully saturated rings. The molecule has 1 N–H and O–H groups in total. The number of imidazole rings is 1. The largest absolute Gasteiger partial charge is 0.474 e. The van der Waals surface area contributed by atoms with Crippen molar-refractivity contribution in [1.82, 2.24) is 24.6 Å². The van der Waals surface area contributed by atoms with Gasteiger partial charge in [0.15, 0.2) is 11.5 Å². The summed E-state index contributed by atoms with van der Waals surface area (Å²) in [4.78, 5) is 18.5. The summed E-state index contributed by atoms with van der Waals surface area (Å²) in [7, 11) is 0. The van der Waals surface area contributed by atoms with Crippen molar-refractivity contribution in [1.29, 1.82) is 0 Å². The van der Waals surface area contributed by atoms with E-state index in [4.69, 9.17) is 35.2 Å². The number of likely N-dealkylation sites (tertiary alicyclic amines) is 1. The standard InChI is InChI=1S/C31H31ClFN5O6/c1-17-26(28-35-36-29(42-28)30(39)40)34-25(38(17)15-20-10-13-41-20)16-37-11-8-18(9-12-37)21-4-3-5-24-27(21)44-31(2,43-24)22-7-6-19(32)14-23(22)33/h3-7,14,18,20H,8-13,15-16H2,1-2H3,(H,39,40)/t20-,31-/m0/s1. The van der Waals surface area contributed by atoms with E-state index >= 15 is 0 Å². The van der Waals surface area contributed by atoms with Gasteiger partial charge < -0.3 is 28.3 Å². The Kier molecular flexibility index (Phi) is 7.30. The second-order valence-electron chi connectivity index (χ2n) is 11.6. The number of rotatable bonds is 8. The van der Waals surface area contributed by atoms with E-state index < -0.39 is 23.5 Å². The third-order valence-electron chi connectivity index (χ3n) is 8.71. The summed E-state index contributed by atoms with van der Waals surface area (Å²) in [5.74, 6) is -1.14. The van der Waals surface area contributed by atoms with Gasteiger partial charge in [-0.2, -0.15) is 0 Å². The molecule has 2 atom stereocenters. The van der Waals surface area contributed by atoms with Gasteiger partial charge in [-0.1, -0.05) is 23.7 Å². The highest BCUT2D eigenvalue weighted by molar-refractivity contribution is 6.30. The Morgan fingerprint density at radius 3 is 2.64 bits per heavy atom. The van der Waals surface area contributed by atoms with Gasteiger partial charge in [-0.25, -0.2) is 14.2 Å². The minimum absolute atomic E-state index is 0.0822. The first-order valence-corrected chi connectivity index (χ1v) is 15.0. The second-order valence-corrected chi connectivity index (χ2v) is 12.0. The van der Waals surface area contributed by atoms with E-state index in [-0.39, 0.29) is 23.5 Å².